The van der Waals surface area contributed by atoms with Gasteiger partial charge in [-0.1, -0.05) is 18.2 Å². The Hall–Kier alpha value is -2.87. The number of nitrogens with zero attached hydrogens (tertiary/aromatic N) is 1. The zero-order valence-corrected chi connectivity index (χ0v) is 10.1. The lowest BCUT2D eigenvalue weighted by atomic mass is 10.1. The zero-order chi connectivity index (χ0) is 13.7. The lowest BCUT2D eigenvalue weighted by Crippen LogP contribution is -2.17. The van der Waals surface area contributed by atoms with Gasteiger partial charge in [0.15, 0.2) is 0 Å². The third-order valence-corrected chi connectivity index (χ3v) is 2.60. The minimum Gasteiger partial charge on any atom is -0.457 e. The molecule has 5 nitrogen and oxygen atoms in total. The van der Waals surface area contributed by atoms with Crippen molar-refractivity contribution in [3.8, 4) is 6.07 Å². The number of nitriles is 1. The number of hydrogen-bond donors (Lipinski definition) is 1. The van der Waals surface area contributed by atoms with E-state index in [1.165, 1.54) is 0 Å². The average molecular weight is 254 g/mol. The highest BCUT2D eigenvalue weighted by Gasteiger charge is 2.15. The van der Waals surface area contributed by atoms with E-state index in [0.29, 0.717) is 11.1 Å². The van der Waals surface area contributed by atoms with Gasteiger partial charge in [0.1, 0.15) is 12.2 Å². The van der Waals surface area contributed by atoms with Crippen molar-refractivity contribution >= 4 is 11.8 Å². The van der Waals surface area contributed by atoms with Gasteiger partial charge in [0.2, 0.25) is 0 Å². The van der Waals surface area contributed by atoms with E-state index in [9.17, 15) is 4.79 Å². The highest BCUT2D eigenvalue weighted by Crippen LogP contribution is 2.11. The summed E-state index contributed by atoms with van der Waals surface area (Å²) in [6.07, 6.45) is 1.62. The summed E-state index contributed by atoms with van der Waals surface area (Å²) in [5, 5.41) is 8.93. The molecule has 0 saturated carbocycles. The summed E-state index contributed by atoms with van der Waals surface area (Å²) in [6.45, 7) is 0.0386. The molecule has 0 radical (unpaired) electrons. The number of rotatable bonds is 3. The molecule has 3 N–H and O–H groups in total. The smallest absolute Gasteiger partial charge is 0.346 e. The molecule has 0 amide bonds. The van der Waals surface area contributed by atoms with Crippen LogP contribution in [0.4, 0.5) is 5.82 Å². The molecule has 5 heteroatoms. The molecule has 2 aromatic rings. The normalized spacial score (nSPS) is 9.63. The summed E-state index contributed by atoms with van der Waals surface area (Å²) >= 11 is 0. The van der Waals surface area contributed by atoms with Crippen molar-refractivity contribution in [3.63, 3.8) is 0 Å². The average Bonchev–Trinajstić information content (AvgIpc) is 2.45. The Labute approximate surface area is 110 Å². The van der Waals surface area contributed by atoms with E-state index in [2.05, 4.69) is 4.98 Å². The predicted molar refractivity (Wildman–Crippen MR) is 67.7 cm³/mol. The maximum Gasteiger partial charge on any atom is 0.346 e. The molecule has 0 aliphatic carbocycles. The number of nitrogens with two attached hydrogens (primary N) is 1. The highest BCUT2D eigenvalue weighted by molar-refractivity contribution is 5.93. The third kappa shape index (κ3) is 2.87. The molecule has 94 valence electrons. The summed E-state index contributed by atoms with van der Waals surface area (Å²) in [5.74, 6) is -0.275. The molecule has 0 fully saturated rings. The number of benzene rings is 1. The van der Waals surface area contributed by atoms with Crippen molar-refractivity contribution in [1.29, 1.82) is 5.26 Å². The molecule has 0 saturated heterocycles. The van der Waals surface area contributed by atoms with E-state index in [4.69, 9.17) is 15.7 Å². The van der Waals surface area contributed by atoms with Gasteiger partial charge in [-0.3, -0.25) is 5.73 Å². The molecular weight excluding hydrogens is 242 g/mol. The second-order valence-corrected chi connectivity index (χ2v) is 3.84. The Bertz CT molecular complexity index is 647. The Kier molecular flexibility index (Phi) is 3.74. The number of carbonyl (C=O) groups is 1. The second kappa shape index (κ2) is 5.65. The number of esters is 1. The summed E-state index contributed by atoms with van der Waals surface area (Å²) in [4.78, 5) is 14.6. The number of nitrogen functional groups attached to an aromatic ring is 1. The molecule has 0 bridgehead atoms. The van der Waals surface area contributed by atoms with Crippen LogP contribution in [0.15, 0.2) is 42.6 Å². The molecule has 0 spiro atoms. The van der Waals surface area contributed by atoms with E-state index in [1.54, 1.807) is 42.6 Å². The molecule has 0 aliphatic rings. The van der Waals surface area contributed by atoms with Crippen molar-refractivity contribution in [2.75, 3.05) is 5.73 Å². The molecule has 1 heterocycles. The monoisotopic (exact) mass is 254 g/mol. The van der Waals surface area contributed by atoms with Crippen molar-refractivity contribution in [3.05, 3.63) is 59.3 Å². The standard InChI is InChI=1S/C14H11N3O2/c15-8-10-4-1-2-5-11(10)9-19-14(18)12-6-3-7-17-13(12)16/h1-7H,9H2,(H2,16,17)/p+1. The number of carbonyl (C=O) groups excluding carboxylic acids is 1. The van der Waals surface area contributed by atoms with E-state index in [1.807, 2.05) is 6.07 Å². The van der Waals surface area contributed by atoms with Crippen LogP contribution in [-0.4, -0.2) is 5.97 Å². The Morgan fingerprint density at radius 2 is 2.11 bits per heavy atom. The van der Waals surface area contributed by atoms with Crippen LogP contribution in [0.2, 0.25) is 0 Å². The van der Waals surface area contributed by atoms with Gasteiger partial charge in [0.05, 0.1) is 17.8 Å². The van der Waals surface area contributed by atoms with Gasteiger partial charge in [-0.05, 0) is 18.2 Å². The summed E-state index contributed by atoms with van der Waals surface area (Å²) in [5.41, 5.74) is 7.07. The van der Waals surface area contributed by atoms with E-state index in [-0.39, 0.29) is 18.0 Å². The van der Waals surface area contributed by atoms with Crippen LogP contribution >= 0.6 is 0 Å². The van der Waals surface area contributed by atoms with Crippen LogP contribution < -0.4 is 10.7 Å². The van der Waals surface area contributed by atoms with Crippen LogP contribution in [0.1, 0.15) is 21.5 Å². The first-order chi connectivity index (χ1) is 9.22. The van der Waals surface area contributed by atoms with Gasteiger partial charge in [0, 0.05) is 5.56 Å². The fourth-order valence-corrected chi connectivity index (χ4v) is 1.60. The fraction of sp³-hybridized carbons (Fsp3) is 0.0714. The molecule has 2 rings (SSSR count). The molecule has 0 unspecified atom stereocenters. The van der Waals surface area contributed by atoms with Gasteiger partial charge in [0.25, 0.3) is 5.82 Å². The van der Waals surface area contributed by atoms with E-state index < -0.39 is 5.97 Å². The number of aromatic nitrogens is 1. The second-order valence-electron chi connectivity index (χ2n) is 3.84. The zero-order valence-electron chi connectivity index (χ0n) is 10.1. The van der Waals surface area contributed by atoms with Gasteiger partial charge in [-0.25, -0.2) is 9.78 Å². The first-order valence-electron chi connectivity index (χ1n) is 5.63. The number of nitrogens with one attached hydrogen (secondary N) is 1. The highest BCUT2D eigenvalue weighted by atomic mass is 16.5. The number of hydrogen-bond acceptors (Lipinski definition) is 4. The van der Waals surface area contributed by atoms with E-state index in [0.717, 1.165) is 0 Å². The number of H-pyrrole nitrogens is 1. The molecule has 0 aliphatic heterocycles. The number of pyridine rings is 1. The summed E-state index contributed by atoms with van der Waals surface area (Å²) in [6, 6.07) is 12.2. The summed E-state index contributed by atoms with van der Waals surface area (Å²) < 4.78 is 5.15. The van der Waals surface area contributed by atoms with Crippen molar-refractivity contribution in [2.45, 2.75) is 6.61 Å². The van der Waals surface area contributed by atoms with Crippen molar-refractivity contribution in [2.24, 2.45) is 0 Å². The lowest BCUT2D eigenvalue weighted by Gasteiger charge is -2.05. The quantitative estimate of drug-likeness (QED) is 0.836. The van der Waals surface area contributed by atoms with Gasteiger partial charge in [-0.2, -0.15) is 5.26 Å². The van der Waals surface area contributed by atoms with Crippen LogP contribution in [0.3, 0.4) is 0 Å². The summed E-state index contributed by atoms with van der Waals surface area (Å²) in [7, 11) is 0. The SMILES string of the molecule is N#Cc1ccccc1COC(=O)c1ccc[nH+]c1N. The molecule has 19 heavy (non-hydrogen) atoms. The van der Waals surface area contributed by atoms with Gasteiger partial charge in [-0.15, -0.1) is 0 Å². The maximum absolute atomic E-state index is 11.8. The minimum atomic E-state index is -0.526. The first kappa shape index (κ1) is 12.6. The molecular formula is C14H12N3O2+. The largest absolute Gasteiger partial charge is 0.457 e. The molecule has 0 atom stereocenters. The number of anilines is 1. The number of ether oxygens (including phenoxy) is 1. The molecule has 1 aromatic carbocycles. The topological polar surface area (TPSA) is 90.2 Å². The van der Waals surface area contributed by atoms with Crippen LogP contribution in [0.5, 0.6) is 0 Å². The number of aromatic amines is 1. The van der Waals surface area contributed by atoms with Crippen LogP contribution in [0, 0.1) is 11.3 Å². The maximum atomic E-state index is 11.8. The van der Waals surface area contributed by atoms with Crippen LogP contribution in [0.25, 0.3) is 0 Å². The first-order valence-corrected chi connectivity index (χ1v) is 5.63. The Morgan fingerprint density at radius 3 is 2.84 bits per heavy atom. The third-order valence-electron chi connectivity index (χ3n) is 2.60. The Morgan fingerprint density at radius 1 is 1.32 bits per heavy atom. The minimum absolute atomic E-state index is 0.0386. The van der Waals surface area contributed by atoms with Crippen molar-refractivity contribution < 1.29 is 14.5 Å². The Balaban J connectivity index is 2.10. The van der Waals surface area contributed by atoms with Crippen molar-refractivity contribution in [1.82, 2.24) is 0 Å². The predicted octanol–water partition coefficient (Wildman–Crippen LogP) is 1.31. The fourth-order valence-electron chi connectivity index (χ4n) is 1.60. The molecule has 1 aromatic heterocycles. The lowest BCUT2D eigenvalue weighted by molar-refractivity contribution is -0.360. The van der Waals surface area contributed by atoms with Gasteiger partial charge < -0.3 is 4.74 Å². The van der Waals surface area contributed by atoms with Gasteiger partial charge >= 0.3 is 5.97 Å². The van der Waals surface area contributed by atoms with Crippen LogP contribution in [-0.2, 0) is 11.3 Å². The van der Waals surface area contributed by atoms with E-state index >= 15 is 0 Å².